The van der Waals surface area contributed by atoms with Crippen LogP contribution >= 0.6 is 0 Å². The molecule has 10 heteroatoms. The highest BCUT2D eigenvalue weighted by atomic mass is 19.4. The fraction of sp³-hybridized carbons (Fsp3) is 0.250. The third-order valence-corrected chi connectivity index (χ3v) is 7.26. The van der Waals surface area contributed by atoms with Crippen LogP contribution in [0.3, 0.4) is 0 Å². The summed E-state index contributed by atoms with van der Waals surface area (Å²) in [6, 6.07) is 22.2. The van der Waals surface area contributed by atoms with Gasteiger partial charge in [0.1, 0.15) is 18.3 Å². The SMILES string of the molecule is CCCCN(CC(=O)N1c2ccccc2-n2cccc2C1c1ccc(OC)cc1)C(=O)Nc1cccc(C(F)(F)F)c1. The number of para-hydroxylation sites is 2. The van der Waals surface area contributed by atoms with E-state index in [1.807, 2.05) is 78.4 Å². The summed E-state index contributed by atoms with van der Waals surface area (Å²) < 4.78 is 47.1. The number of fused-ring (bicyclic) bond motifs is 3. The van der Waals surface area contributed by atoms with E-state index in [0.717, 1.165) is 35.5 Å². The van der Waals surface area contributed by atoms with Crippen LogP contribution in [0.5, 0.6) is 5.75 Å². The molecular weight excluding hydrogens is 545 g/mol. The van der Waals surface area contributed by atoms with Crippen molar-refractivity contribution in [2.24, 2.45) is 0 Å². The van der Waals surface area contributed by atoms with Crippen molar-refractivity contribution >= 4 is 23.3 Å². The molecule has 3 amide bonds. The maximum Gasteiger partial charge on any atom is 0.416 e. The van der Waals surface area contributed by atoms with E-state index in [2.05, 4.69) is 5.32 Å². The minimum Gasteiger partial charge on any atom is -0.497 e. The molecule has 1 unspecified atom stereocenters. The summed E-state index contributed by atoms with van der Waals surface area (Å²) in [7, 11) is 1.59. The van der Waals surface area contributed by atoms with Crippen LogP contribution in [-0.4, -0.2) is 41.6 Å². The minimum atomic E-state index is -4.55. The van der Waals surface area contributed by atoms with E-state index in [9.17, 15) is 22.8 Å². The first-order valence-electron chi connectivity index (χ1n) is 13.7. The van der Waals surface area contributed by atoms with Crippen LogP contribution in [-0.2, 0) is 11.0 Å². The Kier molecular flexibility index (Phi) is 8.24. The number of ether oxygens (including phenoxy) is 1. The van der Waals surface area contributed by atoms with Gasteiger partial charge >= 0.3 is 12.2 Å². The topological polar surface area (TPSA) is 66.8 Å². The average molecular weight is 577 g/mol. The molecule has 5 rings (SSSR count). The van der Waals surface area contributed by atoms with Gasteiger partial charge in [-0.2, -0.15) is 13.2 Å². The Morgan fingerprint density at radius 1 is 0.952 bits per heavy atom. The van der Waals surface area contributed by atoms with Gasteiger partial charge in [-0.25, -0.2) is 4.79 Å². The Hall–Kier alpha value is -4.73. The van der Waals surface area contributed by atoms with E-state index in [1.165, 1.54) is 17.0 Å². The molecule has 7 nitrogen and oxygen atoms in total. The fourth-order valence-corrected chi connectivity index (χ4v) is 5.18. The second-order valence-corrected chi connectivity index (χ2v) is 10.0. The quantitative estimate of drug-likeness (QED) is 0.240. The second-order valence-electron chi connectivity index (χ2n) is 10.0. The lowest BCUT2D eigenvalue weighted by atomic mass is 9.97. The number of nitrogens with one attached hydrogen (secondary N) is 1. The van der Waals surface area contributed by atoms with E-state index in [-0.39, 0.29) is 24.7 Å². The van der Waals surface area contributed by atoms with Crippen LogP contribution in [0, 0.1) is 0 Å². The van der Waals surface area contributed by atoms with Crippen LogP contribution in [0.4, 0.5) is 29.3 Å². The van der Waals surface area contributed by atoms with Gasteiger partial charge in [0.2, 0.25) is 5.91 Å². The molecule has 1 aliphatic rings. The smallest absolute Gasteiger partial charge is 0.416 e. The molecule has 218 valence electrons. The molecule has 1 aromatic heterocycles. The molecular formula is C32H31F3N4O3. The molecule has 0 saturated carbocycles. The average Bonchev–Trinajstić information content (AvgIpc) is 3.48. The molecule has 1 N–H and O–H groups in total. The zero-order valence-electron chi connectivity index (χ0n) is 23.3. The molecule has 0 bridgehead atoms. The molecule has 0 aliphatic carbocycles. The zero-order valence-corrected chi connectivity index (χ0v) is 23.3. The highest BCUT2D eigenvalue weighted by Gasteiger charge is 2.37. The summed E-state index contributed by atoms with van der Waals surface area (Å²) in [6.45, 7) is 1.94. The summed E-state index contributed by atoms with van der Waals surface area (Å²) in [4.78, 5) is 30.7. The van der Waals surface area contributed by atoms with Crippen molar-refractivity contribution in [2.75, 3.05) is 30.4 Å². The van der Waals surface area contributed by atoms with E-state index >= 15 is 0 Å². The van der Waals surface area contributed by atoms with Gasteiger partial charge in [0.25, 0.3) is 0 Å². The first kappa shape index (κ1) is 28.8. The summed E-state index contributed by atoms with van der Waals surface area (Å²) in [5, 5.41) is 2.56. The van der Waals surface area contributed by atoms with Gasteiger partial charge in [0.05, 0.1) is 29.7 Å². The van der Waals surface area contributed by atoms with Gasteiger partial charge in [-0.15, -0.1) is 0 Å². The minimum absolute atomic E-state index is 0.000951. The number of carbonyl (C=O) groups is 2. The van der Waals surface area contributed by atoms with Crippen LogP contribution in [0.1, 0.15) is 42.6 Å². The van der Waals surface area contributed by atoms with Gasteiger partial charge in [0.15, 0.2) is 0 Å². The number of hydrogen-bond donors (Lipinski definition) is 1. The van der Waals surface area contributed by atoms with E-state index < -0.39 is 23.8 Å². The van der Waals surface area contributed by atoms with Crippen molar-refractivity contribution in [2.45, 2.75) is 32.0 Å². The predicted octanol–water partition coefficient (Wildman–Crippen LogP) is 7.27. The molecule has 1 aliphatic heterocycles. The molecule has 4 aromatic rings. The highest BCUT2D eigenvalue weighted by molar-refractivity contribution is 6.01. The van der Waals surface area contributed by atoms with Crippen molar-refractivity contribution in [1.82, 2.24) is 9.47 Å². The molecule has 3 aromatic carbocycles. The first-order chi connectivity index (χ1) is 20.2. The van der Waals surface area contributed by atoms with Crippen molar-refractivity contribution in [3.63, 3.8) is 0 Å². The van der Waals surface area contributed by atoms with E-state index in [0.29, 0.717) is 17.9 Å². The van der Waals surface area contributed by atoms with Gasteiger partial charge in [0, 0.05) is 18.4 Å². The molecule has 1 atom stereocenters. The Balaban J connectivity index is 1.48. The summed E-state index contributed by atoms with van der Waals surface area (Å²) in [5.41, 5.74) is 2.37. The van der Waals surface area contributed by atoms with Gasteiger partial charge in [-0.3, -0.25) is 9.69 Å². The maximum absolute atomic E-state index is 14.2. The number of alkyl halides is 3. The number of unbranched alkanes of at least 4 members (excludes halogenated alkanes) is 1. The summed E-state index contributed by atoms with van der Waals surface area (Å²) >= 11 is 0. The Morgan fingerprint density at radius 3 is 2.38 bits per heavy atom. The molecule has 0 saturated heterocycles. The lowest BCUT2D eigenvalue weighted by Crippen LogP contribution is -2.48. The largest absolute Gasteiger partial charge is 0.497 e. The van der Waals surface area contributed by atoms with Crippen molar-refractivity contribution in [3.05, 3.63) is 108 Å². The number of hydrogen-bond acceptors (Lipinski definition) is 3. The Labute approximate surface area is 242 Å². The number of amides is 3. The Bertz CT molecular complexity index is 1570. The van der Waals surface area contributed by atoms with Crippen molar-refractivity contribution in [3.8, 4) is 11.4 Å². The fourth-order valence-electron chi connectivity index (χ4n) is 5.18. The van der Waals surface area contributed by atoms with Crippen molar-refractivity contribution in [1.29, 1.82) is 0 Å². The first-order valence-corrected chi connectivity index (χ1v) is 13.7. The molecule has 0 spiro atoms. The van der Waals surface area contributed by atoms with Crippen LogP contribution in [0.15, 0.2) is 91.1 Å². The monoisotopic (exact) mass is 576 g/mol. The normalized spacial score (nSPS) is 14.1. The molecule has 42 heavy (non-hydrogen) atoms. The van der Waals surface area contributed by atoms with Gasteiger partial charge in [-0.1, -0.05) is 43.7 Å². The maximum atomic E-state index is 14.2. The van der Waals surface area contributed by atoms with Crippen LogP contribution in [0.25, 0.3) is 5.69 Å². The predicted molar refractivity (Wildman–Crippen MR) is 155 cm³/mol. The second kappa shape index (κ2) is 12.0. The Morgan fingerprint density at radius 2 is 1.69 bits per heavy atom. The van der Waals surface area contributed by atoms with Crippen molar-refractivity contribution < 1.29 is 27.5 Å². The standard InChI is InChI=1S/C32H31F3N4O3/c1-3-4-18-37(31(41)36-24-10-7-9-23(20-24)32(33,34)35)21-29(40)39-27-12-6-5-11-26(27)38-19-8-13-28(38)30(39)22-14-16-25(42-2)17-15-22/h5-17,19-20,30H,3-4,18,21H2,1-2H3,(H,36,41). The number of carbonyl (C=O) groups excluding carboxylic acids is 2. The lowest BCUT2D eigenvalue weighted by molar-refractivity contribution is -0.137. The zero-order chi connectivity index (χ0) is 29.9. The number of aromatic nitrogens is 1. The number of halogens is 3. The van der Waals surface area contributed by atoms with E-state index in [4.69, 9.17) is 4.74 Å². The third kappa shape index (κ3) is 5.83. The number of nitrogens with zero attached hydrogens (tertiary/aromatic N) is 3. The number of benzene rings is 3. The highest BCUT2D eigenvalue weighted by Crippen LogP contribution is 2.42. The number of rotatable bonds is 8. The molecule has 0 fully saturated rings. The number of urea groups is 1. The number of anilines is 2. The summed E-state index contributed by atoms with van der Waals surface area (Å²) in [6.07, 6.45) is -1.22. The lowest BCUT2D eigenvalue weighted by Gasteiger charge is -2.39. The molecule has 0 radical (unpaired) electrons. The third-order valence-electron chi connectivity index (χ3n) is 7.26. The van der Waals surface area contributed by atoms with E-state index in [1.54, 1.807) is 12.0 Å². The number of methoxy groups -OCH3 is 1. The van der Waals surface area contributed by atoms with Gasteiger partial charge < -0.3 is 19.5 Å². The molecule has 2 heterocycles. The summed E-state index contributed by atoms with van der Waals surface area (Å²) in [5.74, 6) is 0.353. The van der Waals surface area contributed by atoms with Gasteiger partial charge in [-0.05, 0) is 66.6 Å². The van der Waals surface area contributed by atoms with Crippen LogP contribution in [0.2, 0.25) is 0 Å². The van der Waals surface area contributed by atoms with Crippen LogP contribution < -0.4 is 15.0 Å².